The second kappa shape index (κ2) is 7.79. The van der Waals surface area contributed by atoms with E-state index in [1.807, 2.05) is 19.1 Å². The molecule has 1 fully saturated rings. The molecule has 2 atom stereocenters. The molecule has 1 saturated heterocycles. The van der Waals surface area contributed by atoms with Crippen molar-refractivity contribution in [2.75, 3.05) is 13.2 Å². The molecule has 3 heterocycles. The first-order valence-corrected chi connectivity index (χ1v) is 9.02. The largest absolute Gasteiger partial charge is 0.480 e. The van der Waals surface area contributed by atoms with E-state index in [0.29, 0.717) is 29.7 Å². The Morgan fingerprint density at radius 3 is 2.96 bits per heavy atom. The Hall–Kier alpha value is -2.19. The molecule has 2 aromatic rings. The molecule has 1 aliphatic heterocycles. The fourth-order valence-corrected chi connectivity index (χ4v) is 3.63. The third-order valence-electron chi connectivity index (χ3n) is 4.09. The molecule has 0 saturated carbocycles. The maximum atomic E-state index is 12.2. The van der Waals surface area contributed by atoms with Gasteiger partial charge in [-0.1, -0.05) is 0 Å². The number of nitrogens with one attached hydrogen (secondary N) is 1. The third kappa shape index (κ3) is 4.46. The zero-order valence-electron chi connectivity index (χ0n) is 13.9. The van der Waals surface area contributed by atoms with Crippen LogP contribution in [0.5, 0.6) is 0 Å². The first kappa shape index (κ1) is 17.6. The summed E-state index contributed by atoms with van der Waals surface area (Å²) in [5, 5.41) is 14.5. The van der Waals surface area contributed by atoms with Crippen LogP contribution >= 0.6 is 11.3 Å². The second-order valence-corrected chi connectivity index (χ2v) is 6.95. The number of carboxylic acids is 1. The van der Waals surface area contributed by atoms with Gasteiger partial charge in [0.2, 0.25) is 5.91 Å². The lowest BCUT2D eigenvalue weighted by Gasteiger charge is -2.28. The van der Waals surface area contributed by atoms with Gasteiger partial charge >= 0.3 is 5.97 Å². The molecule has 2 unspecified atom stereocenters. The van der Waals surface area contributed by atoms with Gasteiger partial charge in [0.25, 0.3) is 0 Å². The van der Waals surface area contributed by atoms with Crippen LogP contribution in [0.1, 0.15) is 24.3 Å². The van der Waals surface area contributed by atoms with E-state index in [0.717, 1.165) is 18.6 Å². The standard InChI is InChI=1S/C17H20N2O5S/c1-10-4-5-13(24-10)16-18-12(9-25-16)7-14(20)19-15(17(21)22)11-3-2-6-23-8-11/h4-5,9,11,15H,2-3,6-8H2,1H3,(H,19,20)(H,21,22). The number of nitrogens with zero attached hydrogens (tertiary/aromatic N) is 1. The molecule has 0 aliphatic carbocycles. The number of thiazole rings is 1. The van der Waals surface area contributed by atoms with E-state index in [4.69, 9.17) is 9.15 Å². The highest BCUT2D eigenvalue weighted by molar-refractivity contribution is 7.13. The fraction of sp³-hybridized carbons (Fsp3) is 0.471. The maximum Gasteiger partial charge on any atom is 0.326 e. The van der Waals surface area contributed by atoms with Gasteiger partial charge in [-0.25, -0.2) is 9.78 Å². The minimum atomic E-state index is -1.03. The summed E-state index contributed by atoms with van der Waals surface area (Å²) in [4.78, 5) is 28.1. The Balaban J connectivity index is 1.61. The molecule has 134 valence electrons. The van der Waals surface area contributed by atoms with Crippen molar-refractivity contribution in [3.8, 4) is 10.8 Å². The van der Waals surface area contributed by atoms with Crippen molar-refractivity contribution < 1.29 is 23.8 Å². The molecule has 2 aromatic heterocycles. The van der Waals surface area contributed by atoms with Crippen molar-refractivity contribution in [2.24, 2.45) is 5.92 Å². The van der Waals surface area contributed by atoms with Crippen molar-refractivity contribution >= 4 is 23.2 Å². The van der Waals surface area contributed by atoms with Gasteiger partial charge < -0.3 is 19.6 Å². The normalized spacial score (nSPS) is 18.7. The topological polar surface area (TPSA) is 102 Å². The van der Waals surface area contributed by atoms with Crippen LogP contribution in [0.25, 0.3) is 10.8 Å². The summed E-state index contributed by atoms with van der Waals surface area (Å²) in [6, 6.07) is 2.76. The van der Waals surface area contributed by atoms with Gasteiger partial charge in [0.05, 0.1) is 18.7 Å². The Labute approximate surface area is 149 Å². The monoisotopic (exact) mass is 364 g/mol. The second-order valence-electron chi connectivity index (χ2n) is 6.09. The molecular formula is C17H20N2O5S. The van der Waals surface area contributed by atoms with Crippen molar-refractivity contribution in [1.82, 2.24) is 10.3 Å². The number of aryl methyl sites for hydroxylation is 1. The number of carbonyl (C=O) groups excluding carboxylic acids is 1. The van der Waals surface area contributed by atoms with Gasteiger partial charge in [0.1, 0.15) is 11.8 Å². The minimum Gasteiger partial charge on any atom is -0.480 e. The lowest BCUT2D eigenvalue weighted by molar-refractivity contribution is -0.145. The van der Waals surface area contributed by atoms with Crippen molar-refractivity contribution in [3.05, 3.63) is 29.0 Å². The molecule has 0 radical (unpaired) electrons. The number of carbonyl (C=O) groups is 2. The molecule has 3 rings (SSSR count). The summed E-state index contributed by atoms with van der Waals surface area (Å²) in [5.74, 6) is -0.132. The van der Waals surface area contributed by atoms with Crippen LogP contribution in [0.4, 0.5) is 0 Å². The van der Waals surface area contributed by atoms with Crippen molar-refractivity contribution in [1.29, 1.82) is 0 Å². The van der Waals surface area contributed by atoms with Crippen LogP contribution in [0.15, 0.2) is 21.9 Å². The van der Waals surface area contributed by atoms with Crippen LogP contribution in [-0.2, 0) is 20.7 Å². The van der Waals surface area contributed by atoms with Gasteiger partial charge in [-0.15, -0.1) is 11.3 Å². The van der Waals surface area contributed by atoms with Gasteiger partial charge in [-0.3, -0.25) is 4.79 Å². The summed E-state index contributed by atoms with van der Waals surface area (Å²) in [7, 11) is 0. The highest BCUT2D eigenvalue weighted by atomic mass is 32.1. The highest BCUT2D eigenvalue weighted by Crippen LogP contribution is 2.25. The summed E-state index contributed by atoms with van der Waals surface area (Å²) < 4.78 is 10.9. The van der Waals surface area contributed by atoms with E-state index in [2.05, 4.69) is 10.3 Å². The first-order valence-electron chi connectivity index (χ1n) is 8.14. The van der Waals surface area contributed by atoms with E-state index in [-0.39, 0.29) is 18.2 Å². The van der Waals surface area contributed by atoms with Crippen LogP contribution in [0.3, 0.4) is 0 Å². The van der Waals surface area contributed by atoms with Crippen LogP contribution in [0, 0.1) is 12.8 Å². The van der Waals surface area contributed by atoms with E-state index in [9.17, 15) is 14.7 Å². The lowest BCUT2D eigenvalue weighted by atomic mass is 9.93. The molecule has 1 amide bonds. The predicted octanol–water partition coefficient (Wildman–Crippen LogP) is 2.25. The maximum absolute atomic E-state index is 12.2. The molecule has 1 aliphatic rings. The zero-order valence-corrected chi connectivity index (χ0v) is 14.7. The third-order valence-corrected chi connectivity index (χ3v) is 5.00. The van der Waals surface area contributed by atoms with E-state index in [1.54, 1.807) is 5.38 Å². The molecule has 8 heteroatoms. The van der Waals surface area contributed by atoms with Crippen LogP contribution in [-0.4, -0.2) is 41.2 Å². The van der Waals surface area contributed by atoms with Gasteiger partial charge in [0, 0.05) is 17.9 Å². The summed E-state index contributed by atoms with van der Waals surface area (Å²) in [6.45, 7) is 2.85. The first-order chi connectivity index (χ1) is 12.0. The number of carboxylic acid groups (broad SMARTS) is 1. The summed E-state index contributed by atoms with van der Waals surface area (Å²) in [6.07, 6.45) is 1.58. The molecular weight excluding hydrogens is 344 g/mol. The number of ether oxygens (including phenoxy) is 1. The van der Waals surface area contributed by atoms with E-state index >= 15 is 0 Å². The van der Waals surface area contributed by atoms with Crippen molar-refractivity contribution in [3.63, 3.8) is 0 Å². The van der Waals surface area contributed by atoms with Crippen LogP contribution in [0.2, 0.25) is 0 Å². The number of hydrogen-bond donors (Lipinski definition) is 2. The lowest BCUT2D eigenvalue weighted by Crippen LogP contribution is -2.48. The van der Waals surface area contributed by atoms with Gasteiger partial charge in [-0.2, -0.15) is 0 Å². The summed E-state index contributed by atoms with van der Waals surface area (Å²) >= 11 is 1.39. The van der Waals surface area contributed by atoms with Gasteiger partial charge in [-0.05, 0) is 31.9 Å². The molecule has 0 spiro atoms. The van der Waals surface area contributed by atoms with Crippen molar-refractivity contribution in [2.45, 2.75) is 32.2 Å². The number of aliphatic carboxylic acids is 1. The fourth-order valence-electron chi connectivity index (χ4n) is 2.85. The van der Waals surface area contributed by atoms with E-state index < -0.39 is 12.0 Å². The smallest absolute Gasteiger partial charge is 0.326 e. The zero-order chi connectivity index (χ0) is 17.8. The quantitative estimate of drug-likeness (QED) is 0.815. The SMILES string of the molecule is Cc1ccc(-c2nc(CC(=O)NC(C(=O)O)C3CCCOC3)cs2)o1. The number of amides is 1. The number of hydrogen-bond acceptors (Lipinski definition) is 6. The minimum absolute atomic E-state index is 0.0353. The molecule has 0 aromatic carbocycles. The molecule has 0 bridgehead atoms. The highest BCUT2D eigenvalue weighted by Gasteiger charge is 2.31. The number of rotatable bonds is 6. The number of furan rings is 1. The Kier molecular flexibility index (Phi) is 5.50. The molecule has 2 N–H and O–H groups in total. The summed E-state index contributed by atoms with van der Waals surface area (Å²) in [5.41, 5.74) is 0.593. The Bertz CT molecular complexity index is 748. The number of aromatic nitrogens is 1. The average Bonchev–Trinajstić information content (AvgIpc) is 3.22. The Morgan fingerprint density at radius 2 is 2.32 bits per heavy atom. The van der Waals surface area contributed by atoms with E-state index in [1.165, 1.54) is 11.3 Å². The van der Waals surface area contributed by atoms with Crippen LogP contribution < -0.4 is 5.32 Å². The molecule has 7 nitrogen and oxygen atoms in total. The Morgan fingerprint density at radius 1 is 1.48 bits per heavy atom. The predicted molar refractivity (Wildman–Crippen MR) is 91.4 cm³/mol. The average molecular weight is 364 g/mol. The van der Waals surface area contributed by atoms with Gasteiger partial charge in [0.15, 0.2) is 10.8 Å². The molecule has 25 heavy (non-hydrogen) atoms.